The molecule has 4 aromatic heterocycles. The lowest BCUT2D eigenvalue weighted by atomic mass is 10.2. The molecule has 0 radical (unpaired) electrons. The van der Waals surface area contributed by atoms with E-state index in [0.29, 0.717) is 17.2 Å². The number of carbonyl (C=O) groups excluding carboxylic acids is 2. The highest BCUT2D eigenvalue weighted by atomic mass is 16.5. The molecule has 0 unspecified atom stereocenters. The number of aromatic nitrogens is 4. The minimum atomic E-state index is -0.434. The number of esters is 2. The summed E-state index contributed by atoms with van der Waals surface area (Å²) in [5.41, 5.74) is 3.02. The van der Waals surface area contributed by atoms with E-state index in [4.69, 9.17) is 9.47 Å². The molecule has 0 N–H and O–H groups in total. The van der Waals surface area contributed by atoms with E-state index < -0.39 is 11.9 Å². The first-order valence-electron chi connectivity index (χ1n) is 10.1. The van der Waals surface area contributed by atoms with E-state index >= 15 is 0 Å². The van der Waals surface area contributed by atoms with Crippen LogP contribution in [0.1, 0.15) is 59.3 Å². The molecule has 0 bridgehead atoms. The average Bonchev–Trinajstić information content (AvgIpc) is 3.38. The average molecular weight is 434 g/mol. The lowest BCUT2D eigenvalue weighted by molar-refractivity contribution is 0.0588. The van der Waals surface area contributed by atoms with Gasteiger partial charge < -0.3 is 13.9 Å². The van der Waals surface area contributed by atoms with Gasteiger partial charge in [0.1, 0.15) is 11.6 Å². The third-order valence-electron chi connectivity index (χ3n) is 4.78. The number of methoxy groups -OCH3 is 2. The molecule has 0 amide bonds. The van der Waals surface area contributed by atoms with Crippen molar-refractivity contribution >= 4 is 28.5 Å². The quantitative estimate of drug-likeness (QED) is 0.443. The smallest absolute Gasteiger partial charge is 0.358 e. The summed E-state index contributed by atoms with van der Waals surface area (Å²) in [6, 6.07) is 11.2. The molecule has 0 spiro atoms. The SMILES string of the molecule is C=C(C)c1nc(C(=O)OC)c2ccccn12.COC(=O)c1nc(C(C)C)n2ccccc12. The van der Waals surface area contributed by atoms with Crippen LogP contribution in [0.3, 0.4) is 0 Å². The Morgan fingerprint density at radius 3 is 1.88 bits per heavy atom. The van der Waals surface area contributed by atoms with Crippen LogP contribution in [-0.2, 0) is 9.47 Å². The highest BCUT2D eigenvalue weighted by molar-refractivity contribution is 5.96. The van der Waals surface area contributed by atoms with Gasteiger partial charge in [0.15, 0.2) is 11.4 Å². The van der Waals surface area contributed by atoms with Gasteiger partial charge in [0.05, 0.1) is 25.3 Å². The molecule has 8 nitrogen and oxygen atoms in total. The van der Waals surface area contributed by atoms with Crippen LogP contribution in [0.15, 0.2) is 55.4 Å². The van der Waals surface area contributed by atoms with Crippen LogP contribution in [0.2, 0.25) is 0 Å². The minimum absolute atomic E-state index is 0.258. The number of pyridine rings is 2. The van der Waals surface area contributed by atoms with Crippen LogP contribution in [0, 0.1) is 0 Å². The number of fused-ring (bicyclic) bond motifs is 2. The second kappa shape index (κ2) is 9.47. The van der Waals surface area contributed by atoms with Crippen molar-refractivity contribution in [2.75, 3.05) is 14.2 Å². The van der Waals surface area contributed by atoms with Gasteiger partial charge in [-0.3, -0.25) is 4.40 Å². The Kier molecular flexibility index (Phi) is 6.73. The highest BCUT2D eigenvalue weighted by Crippen LogP contribution is 2.20. The van der Waals surface area contributed by atoms with E-state index in [9.17, 15) is 9.59 Å². The van der Waals surface area contributed by atoms with Gasteiger partial charge in [-0.1, -0.05) is 32.6 Å². The van der Waals surface area contributed by atoms with Crippen LogP contribution >= 0.6 is 0 Å². The number of nitrogens with zero attached hydrogens (tertiary/aromatic N) is 4. The largest absolute Gasteiger partial charge is 0.464 e. The molecule has 8 heteroatoms. The second-order valence-electron chi connectivity index (χ2n) is 7.43. The fourth-order valence-electron chi connectivity index (χ4n) is 3.30. The fraction of sp³-hybridized carbons (Fsp3) is 0.250. The van der Waals surface area contributed by atoms with E-state index in [1.165, 1.54) is 14.2 Å². The zero-order chi connectivity index (χ0) is 23.4. The van der Waals surface area contributed by atoms with Crippen LogP contribution < -0.4 is 0 Å². The first kappa shape index (κ1) is 22.7. The van der Waals surface area contributed by atoms with Gasteiger partial charge in [-0.2, -0.15) is 0 Å². The van der Waals surface area contributed by atoms with E-state index in [1.54, 1.807) is 0 Å². The zero-order valence-electron chi connectivity index (χ0n) is 18.8. The Labute approximate surface area is 186 Å². The van der Waals surface area contributed by atoms with Crippen molar-refractivity contribution in [1.82, 2.24) is 18.8 Å². The van der Waals surface area contributed by atoms with Crippen LogP contribution in [0.5, 0.6) is 0 Å². The summed E-state index contributed by atoms with van der Waals surface area (Å²) in [5.74, 6) is 0.979. The van der Waals surface area contributed by atoms with Crippen molar-refractivity contribution in [3.05, 3.63) is 78.4 Å². The van der Waals surface area contributed by atoms with Crippen LogP contribution in [0.4, 0.5) is 0 Å². The number of carbonyl (C=O) groups is 2. The van der Waals surface area contributed by atoms with Gasteiger partial charge in [0.2, 0.25) is 0 Å². The van der Waals surface area contributed by atoms with E-state index in [-0.39, 0.29) is 5.92 Å². The first-order valence-corrected chi connectivity index (χ1v) is 10.1. The summed E-state index contributed by atoms with van der Waals surface area (Å²) in [7, 11) is 2.71. The molecule has 0 aliphatic heterocycles. The fourth-order valence-corrected chi connectivity index (χ4v) is 3.30. The van der Waals surface area contributed by atoms with E-state index in [2.05, 4.69) is 16.5 Å². The molecule has 4 rings (SSSR count). The van der Waals surface area contributed by atoms with Gasteiger partial charge >= 0.3 is 11.9 Å². The molecule has 0 aromatic carbocycles. The lowest BCUT2D eigenvalue weighted by Gasteiger charge is -2.02. The summed E-state index contributed by atoms with van der Waals surface area (Å²) in [5, 5.41) is 0. The van der Waals surface area contributed by atoms with Gasteiger partial charge in [0.25, 0.3) is 0 Å². The van der Waals surface area contributed by atoms with Gasteiger partial charge in [-0.15, -0.1) is 0 Å². The van der Waals surface area contributed by atoms with Crippen LogP contribution in [-0.4, -0.2) is 44.9 Å². The Hall–Kier alpha value is -3.94. The standard InChI is InChI=1S/C12H14N2O2.C12H12N2O2/c2*1-8(2)11-13-10(12(15)16-3)9-6-4-5-7-14(9)11/h4-8H,1-3H3;4-7H,1H2,2-3H3. The zero-order valence-corrected chi connectivity index (χ0v) is 18.8. The maximum atomic E-state index is 11.6. The van der Waals surface area contributed by atoms with Crippen molar-refractivity contribution in [2.24, 2.45) is 0 Å². The molecule has 0 saturated heterocycles. The molecule has 4 aromatic rings. The Bertz CT molecular complexity index is 1300. The third-order valence-corrected chi connectivity index (χ3v) is 4.78. The molecule has 0 saturated carbocycles. The summed E-state index contributed by atoms with van der Waals surface area (Å²) in [6.07, 6.45) is 3.75. The first-order chi connectivity index (χ1) is 15.3. The molecule has 166 valence electrons. The normalized spacial score (nSPS) is 10.7. The van der Waals surface area contributed by atoms with Crippen LogP contribution in [0.25, 0.3) is 16.6 Å². The Balaban J connectivity index is 0.000000181. The monoisotopic (exact) mass is 434 g/mol. The summed E-state index contributed by atoms with van der Waals surface area (Å²) in [6.45, 7) is 9.78. The van der Waals surface area contributed by atoms with Crippen molar-refractivity contribution in [1.29, 1.82) is 0 Å². The molecule has 0 aliphatic carbocycles. The number of ether oxygens (including phenoxy) is 2. The van der Waals surface area contributed by atoms with Crippen molar-refractivity contribution in [3.8, 4) is 0 Å². The van der Waals surface area contributed by atoms with Gasteiger partial charge in [0, 0.05) is 18.3 Å². The highest BCUT2D eigenvalue weighted by Gasteiger charge is 2.19. The van der Waals surface area contributed by atoms with Gasteiger partial charge in [-0.25, -0.2) is 19.6 Å². The number of allylic oxidation sites excluding steroid dienone is 1. The van der Waals surface area contributed by atoms with E-state index in [0.717, 1.165) is 22.4 Å². The summed E-state index contributed by atoms with van der Waals surface area (Å²) in [4.78, 5) is 31.7. The molecule has 0 atom stereocenters. The van der Waals surface area contributed by atoms with Crippen molar-refractivity contribution in [2.45, 2.75) is 26.7 Å². The van der Waals surface area contributed by atoms with Gasteiger partial charge in [-0.05, 0) is 36.8 Å². The van der Waals surface area contributed by atoms with Crippen molar-refractivity contribution in [3.63, 3.8) is 0 Å². The molecule has 4 heterocycles. The Morgan fingerprint density at radius 1 is 0.875 bits per heavy atom. The minimum Gasteiger partial charge on any atom is -0.464 e. The molecule has 0 fully saturated rings. The number of hydrogen-bond acceptors (Lipinski definition) is 6. The molecule has 0 aliphatic rings. The molecular formula is C24H26N4O4. The summed E-state index contributed by atoms with van der Waals surface area (Å²) < 4.78 is 13.2. The number of imidazole rings is 2. The Morgan fingerprint density at radius 2 is 1.38 bits per heavy atom. The number of rotatable bonds is 4. The predicted octanol–water partition coefficient (Wildman–Crippen LogP) is 4.40. The lowest BCUT2D eigenvalue weighted by Crippen LogP contribution is -2.02. The maximum Gasteiger partial charge on any atom is 0.358 e. The van der Waals surface area contributed by atoms with E-state index in [1.807, 2.05) is 78.4 Å². The predicted molar refractivity (Wildman–Crippen MR) is 122 cm³/mol. The topological polar surface area (TPSA) is 87.2 Å². The number of hydrogen-bond donors (Lipinski definition) is 0. The molecular weight excluding hydrogens is 408 g/mol. The van der Waals surface area contributed by atoms with Crippen molar-refractivity contribution < 1.29 is 19.1 Å². The molecule has 32 heavy (non-hydrogen) atoms. The maximum absolute atomic E-state index is 11.6. The summed E-state index contributed by atoms with van der Waals surface area (Å²) >= 11 is 0. The second-order valence-corrected chi connectivity index (χ2v) is 7.43. The third kappa shape index (κ3) is 4.25.